The number of methoxy groups -OCH3 is 1. The van der Waals surface area contributed by atoms with Gasteiger partial charge in [0, 0.05) is 13.2 Å². The molecule has 0 radical (unpaired) electrons. The first-order valence-corrected chi connectivity index (χ1v) is 4.21. The Morgan fingerprint density at radius 2 is 2.08 bits per heavy atom. The molecule has 0 fully saturated rings. The lowest BCUT2D eigenvalue weighted by Crippen LogP contribution is -2.36. The number of hydrogen-bond donors (Lipinski definition) is 1. The Morgan fingerprint density at radius 3 is 2.50 bits per heavy atom. The lowest BCUT2D eigenvalue weighted by Gasteiger charge is -2.16. The Hall–Kier alpha value is -0.220. The molecule has 0 aliphatic heterocycles. The number of rotatable bonds is 7. The molecule has 0 heterocycles. The average Bonchev–Trinajstić information content (AvgIpc) is 2.01. The first-order chi connectivity index (χ1) is 5.70. The molecule has 2 nitrogen and oxygen atoms in total. The van der Waals surface area contributed by atoms with Gasteiger partial charge in [0.2, 0.25) is 0 Å². The zero-order valence-electron chi connectivity index (χ0n) is 7.65. The summed E-state index contributed by atoms with van der Waals surface area (Å²) in [6.07, 6.45) is -0.425. The molecule has 0 saturated carbocycles. The average molecular weight is 181 g/mol. The largest absolute Gasteiger partial charge is 0.383 e. The zero-order chi connectivity index (χ0) is 9.40. The SMILES string of the molecule is CCCC(COC)NCC(F)F. The molecule has 0 amide bonds. The lowest BCUT2D eigenvalue weighted by atomic mass is 10.2. The van der Waals surface area contributed by atoms with Crippen LogP contribution in [0.5, 0.6) is 0 Å². The summed E-state index contributed by atoms with van der Waals surface area (Å²) in [5.41, 5.74) is 0. The van der Waals surface area contributed by atoms with Gasteiger partial charge in [-0.2, -0.15) is 0 Å². The fourth-order valence-corrected chi connectivity index (χ4v) is 1.05. The molecule has 1 unspecified atom stereocenters. The second-order valence-corrected chi connectivity index (χ2v) is 2.74. The van der Waals surface area contributed by atoms with Crippen LogP contribution >= 0.6 is 0 Å². The molecule has 0 bridgehead atoms. The molecule has 0 aromatic rings. The highest BCUT2D eigenvalue weighted by molar-refractivity contribution is 4.65. The van der Waals surface area contributed by atoms with Gasteiger partial charge in [0.05, 0.1) is 13.2 Å². The number of nitrogens with one attached hydrogen (secondary N) is 1. The number of halogens is 2. The third-order valence-corrected chi connectivity index (χ3v) is 1.57. The van der Waals surface area contributed by atoms with Crippen molar-refractivity contribution in [2.45, 2.75) is 32.2 Å². The van der Waals surface area contributed by atoms with Crippen molar-refractivity contribution in [3.05, 3.63) is 0 Å². The van der Waals surface area contributed by atoms with Gasteiger partial charge in [-0.05, 0) is 6.42 Å². The standard InChI is InChI=1S/C8H17F2NO/c1-3-4-7(6-12-2)11-5-8(9)10/h7-8,11H,3-6H2,1-2H3. The van der Waals surface area contributed by atoms with E-state index in [1.807, 2.05) is 6.92 Å². The molecule has 0 aromatic heterocycles. The second kappa shape index (κ2) is 7.43. The number of hydrogen-bond acceptors (Lipinski definition) is 2. The Balaban J connectivity index is 3.48. The van der Waals surface area contributed by atoms with Gasteiger partial charge in [-0.25, -0.2) is 8.78 Å². The summed E-state index contributed by atoms with van der Waals surface area (Å²) in [7, 11) is 1.58. The third kappa shape index (κ3) is 6.49. The lowest BCUT2D eigenvalue weighted by molar-refractivity contribution is 0.120. The van der Waals surface area contributed by atoms with Crippen LogP contribution in [0.3, 0.4) is 0 Å². The van der Waals surface area contributed by atoms with Crippen LogP contribution in [-0.4, -0.2) is 32.7 Å². The summed E-state index contributed by atoms with van der Waals surface area (Å²) in [6.45, 7) is 2.28. The van der Waals surface area contributed by atoms with Crippen molar-refractivity contribution in [1.29, 1.82) is 0 Å². The van der Waals surface area contributed by atoms with E-state index in [1.165, 1.54) is 0 Å². The van der Waals surface area contributed by atoms with Crippen LogP contribution in [0.2, 0.25) is 0 Å². The molecule has 4 heteroatoms. The van der Waals surface area contributed by atoms with Gasteiger partial charge < -0.3 is 10.1 Å². The summed E-state index contributed by atoms with van der Waals surface area (Å²) in [6, 6.07) is 0.0639. The van der Waals surface area contributed by atoms with Gasteiger partial charge in [0.25, 0.3) is 6.43 Å². The van der Waals surface area contributed by atoms with Gasteiger partial charge in [-0.1, -0.05) is 13.3 Å². The van der Waals surface area contributed by atoms with E-state index in [9.17, 15) is 8.78 Å². The maximum atomic E-state index is 11.8. The third-order valence-electron chi connectivity index (χ3n) is 1.57. The highest BCUT2D eigenvalue weighted by atomic mass is 19.3. The molecule has 0 aromatic carbocycles. The maximum absolute atomic E-state index is 11.8. The Morgan fingerprint density at radius 1 is 1.42 bits per heavy atom. The molecular formula is C8H17F2NO. The molecule has 0 rings (SSSR count). The van der Waals surface area contributed by atoms with E-state index in [1.54, 1.807) is 7.11 Å². The quantitative estimate of drug-likeness (QED) is 0.645. The smallest absolute Gasteiger partial charge is 0.250 e. The van der Waals surface area contributed by atoms with E-state index < -0.39 is 6.43 Å². The monoisotopic (exact) mass is 181 g/mol. The van der Waals surface area contributed by atoms with Crippen molar-refractivity contribution in [3.8, 4) is 0 Å². The first kappa shape index (κ1) is 11.8. The van der Waals surface area contributed by atoms with Gasteiger partial charge in [-0.15, -0.1) is 0 Å². The topological polar surface area (TPSA) is 21.3 Å². The summed E-state index contributed by atoms with van der Waals surface area (Å²) in [4.78, 5) is 0. The summed E-state index contributed by atoms with van der Waals surface area (Å²) in [5.74, 6) is 0. The van der Waals surface area contributed by atoms with Crippen LogP contribution in [0.4, 0.5) is 8.78 Å². The minimum Gasteiger partial charge on any atom is -0.383 e. The van der Waals surface area contributed by atoms with Crippen molar-refractivity contribution in [1.82, 2.24) is 5.32 Å². The first-order valence-electron chi connectivity index (χ1n) is 4.21. The van der Waals surface area contributed by atoms with Gasteiger partial charge >= 0.3 is 0 Å². The predicted octanol–water partition coefficient (Wildman–Crippen LogP) is 1.66. The summed E-state index contributed by atoms with van der Waals surface area (Å²) >= 11 is 0. The number of ether oxygens (including phenoxy) is 1. The normalized spacial score (nSPS) is 13.8. The van der Waals surface area contributed by atoms with Gasteiger partial charge in [0.1, 0.15) is 0 Å². The Bertz CT molecular complexity index is 95.1. The summed E-state index contributed by atoms with van der Waals surface area (Å²) < 4.78 is 28.4. The molecule has 1 N–H and O–H groups in total. The zero-order valence-corrected chi connectivity index (χ0v) is 7.65. The minimum absolute atomic E-state index is 0.0639. The predicted molar refractivity (Wildman–Crippen MR) is 44.6 cm³/mol. The van der Waals surface area contributed by atoms with Crippen molar-refractivity contribution in [3.63, 3.8) is 0 Å². The van der Waals surface area contributed by atoms with E-state index >= 15 is 0 Å². The Kier molecular flexibility index (Phi) is 7.29. The van der Waals surface area contributed by atoms with Crippen LogP contribution in [0.25, 0.3) is 0 Å². The second-order valence-electron chi connectivity index (χ2n) is 2.74. The van der Waals surface area contributed by atoms with Crippen molar-refractivity contribution >= 4 is 0 Å². The maximum Gasteiger partial charge on any atom is 0.250 e. The molecule has 0 spiro atoms. The molecule has 1 atom stereocenters. The number of alkyl halides is 2. The van der Waals surface area contributed by atoms with Crippen LogP contribution in [0.15, 0.2) is 0 Å². The van der Waals surface area contributed by atoms with E-state index in [0.29, 0.717) is 6.61 Å². The molecule has 0 aliphatic rings. The molecule has 12 heavy (non-hydrogen) atoms. The minimum atomic E-state index is -2.28. The van der Waals surface area contributed by atoms with E-state index in [2.05, 4.69) is 5.32 Å². The van der Waals surface area contributed by atoms with Crippen molar-refractivity contribution < 1.29 is 13.5 Å². The molecule has 0 saturated heterocycles. The fourth-order valence-electron chi connectivity index (χ4n) is 1.05. The molecular weight excluding hydrogens is 164 g/mol. The van der Waals surface area contributed by atoms with E-state index in [0.717, 1.165) is 12.8 Å². The molecule has 74 valence electrons. The van der Waals surface area contributed by atoms with E-state index in [-0.39, 0.29) is 12.6 Å². The van der Waals surface area contributed by atoms with Crippen molar-refractivity contribution in [2.24, 2.45) is 0 Å². The fraction of sp³-hybridized carbons (Fsp3) is 1.00. The van der Waals surface area contributed by atoms with E-state index in [4.69, 9.17) is 4.74 Å². The Labute approximate surface area is 72.3 Å². The molecule has 0 aliphatic carbocycles. The van der Waals surface area contributed by atoms with Crippen LogP contribution in [0, 0.1) is 0 Å². The summed E-state index contributed by atoms with van der Waals surface area (Å²) in [5, 5.41) is 2.75. The van der Waals surface area contributed by atoms with Gasteiger partial charge in [-0.3, -0.25) is 0 Å². The van der Waals surface area contributed by atoms with Gasteiger partial charge in [0.15, 0.2) is 0 Å². The highest BCUT2D eigenvalue weighted by Gasteiger charge is 2.09. The highest BCUT2D eigenvalue weighted by Crippen LogP contribution is 1.98. The van der Waals surface area contributed by atoms with Crippen molar-refractivity contribution in [2.75, 3.05) is 20.3 Å². The van der Waals surface area contributed by atoms with Crippen LogP contribution in [-0.2, 0) is 4.74 Å². The van der Waals surface area contributed by atoms with Crippen LogP contribution < -0.4 is 5.32 Å². The van der Waals surface area contributed by atoms with Crippen LogP contribution in [0.1, 0.15) is 19.8 Å².